The molecule has 1 aromatic carbocycles. The first-order chi connectivity index (χ1) is 13.2. The highest BCUT2D eigenvalue weighted by atomic mass is 32.1. The maximum absolute atomic E-state index is 4.42. The van der Waals surface area contributed by atoms with Crippen LogP contribution in [0.3, 0.4) is 0 Å². The third-order valence-corrected chi connectivity index (χ3v) is 5.98. The van der Waals surface area contributed by atoms with Gasteiger partial charge in [0.15, 0.2) is 5.96 Å². The molecular weight excluding hydrogens is 354 g/mol. The van der Waals surface area contributed by atoms with Crippen LogP contribution in [0.1, 0.15) is 34.7 Å². The van der Waals surface area contributed by atoms with Crippen LogP contribution in [0.4, 0.5) is 0 Å². The monoisotopic (exact) mass is 385 g/mol. The van der Waals surface area contributed by atoms with E-state index in [4.69, 9.17) is 0 Å². The van der Waals surface area contributed by atoms with Crippen molar-refractivity contribution in [1.82, 2.24) is 20.5 Å². The molecule has 1 aromatic heterocycles. The van der Waals surface area contributed by atoms with Crippen LogP contribution in [0.25, 0.3) is 0 Å². The molecule has 27 heavy (non-hydrogen) atoms. The van der Waals surface area contributed by atoms with Crippen LogP contribution in [0.15, 0.2) is 41.5 Å². The van der Waals surface area contributed by atoms with E-state index in [2.05, 4.69) is 62.8 Å². The van der Waals surface area contributed by atoms with E-state index >= 15 is 0 Å². The number of aromatic nitrogens is 1. The zero-order valence-electron chi connectivity index (χ0n) is 16.4. The van der Waals surface area contributed by atoms with Crippen molar-refractivity contribution in [1.29, 1.82) is 0 Å². The Labute approximate surface area is 166 Å². The number of likely N-dealkylation sites (tertiary alicyclic amines) is 1. The Bertz CT molecular complexity index is 712. The predicted octanol–water partition coefficient (Wildman–Crippen LogP) is 3.21. The molecule has 0 radical (unpaired) electrons. The van der Waals surface area contributed by atoms with Crippen molar-refractivity contribution in [3.8, 4) is 0 Å². The zero-order chi connectivity index (χ0) is 18.9. The van der Waals surface area contributed by atoms with Crippen molar-refractivity contribution in [2.75, 3.05) is 26.7 Å². The quantitative estimate of drug-likeness (QED) is 0.568. The lowest BCUT2D eigenvalue weighted by atomic mass is 10.0. The van der Waals surface area contributed by atoms with Gasteiger partial charge in [-0.25, -0.2) is 4.98 Å². The second-order valence-electron chi connectivity index (χ2n) is 7.10. The van der Waals surface area contributed by atoms with Crippen molar-refractivity contribution in [2.24, 2.45) is 4.99 Å². The lowest BCUT2D eigenvalue weighted by Gasteiger charge is -2.36. The van der Waals surface area contributed by atoms with Crippen molar-refractivity contribution >= 4 is 17.3 Å². The molecule has 5 nitrogen and oxygen atoms in total. The zero-order valence-corrected chi connectivity index (χ0v) is 17.3. The molecule has 1 unspecified atom stereocenters. The average Bonchev–Trinajstić information content (AvgIpc) is 3.11. The van der Waals surface area contributed by atoms with Gasteiger partial charge in [0.25, 0.3) is 0 Å². The van der Waals surface area contributed by atoms with Crippen molar-refractivity contribution < 1.29 is 0 Å². The fourth-order valence-electron chi connectivity index (χ4n) is 3.56. The molecule has 0 aliphatic carbocycles. The molecule has 0 amide bonds. The molecule has 146 valence electrons. The van der Waals surface area contributed by atoms with Gasteiger partial charge in [-0.05, 0) is 31.9 Å². The number of nitrogens with zero attached hydrogens (tertiary/aromatic N) is 3. The minimum atomic E-state index is 0.555. The van der Waals surface area contributed by atoms with Gasteiger partial charge < -0.3 is 10.6 Å². The Balaban J connectivity index is 1.45. The summed E-state index contributed by atoms with van der Waals surface area (Å²) in [4.78, 5) is 12.7. The molecule has 1 aliphatic heterocycles. The number of hydrogen-bond acceptors (Lipinski definition) is 4. The van der Waals surface area contributed by atoms with Gasteiger partial charge >= 0.3 is 0 Å². The number of rotatable bonds is 7. The summed E-state index contributed by atoms with van der Waals surface area (Å²) in [6.45, 7) is 6.09. The van der Waals surface area contributed by atoms with E-state index in [-0.39, 0.29) is 0 Å². The van der Waals surface area contributed by atoms with Crippen molar-refractivity contribution in [3.63, 3.8) is 0 Å². The summed E-state index contributed by atoms with van der Waals surface area (Å²) in [5, 5.41) is 8.12. The summed E-state index contributed by atoms with van der Waals surface area (Å²) in [5.41, 5.74) is 1.39. The summed E-state index contributed by atoms with van der Waals surface area (Å²) >= 11 is 1.77. The average molecular weight is 386 g/mol. The van der Waals surface area contributed by atoms with Crippen LogP contribution in [0.2, 0.25) is 0 Å². The fraction of sp³-hybridized carbons (Fsp3) is 0.524. The molecule has 1 saturated heterocycles. The maximum atomic E-state index is 4.42. The summed E-state index contributed by atoms with van der Waals surface area (Å²) in [6.07, 6.45) is 6.73. The van der Waals surface area contributed by atoms with E-state index < -0.39 is 0 Å². The number of benzene rings is 1. The lowest BCUT2D eigenvalue weighted by molar-refractivity contribution is 0.141. The van der Waals surface area contributed by atoms with Crippen LogP contribution in [0, 0.1) is 6.92 Å². The minimum Gasteiger partial charge on any atom is -0.356 e. The highest BCUT2D eigenvalue weighted by Crippen LogP contribution is 2.19. The minimum absolute atomic E-state index is 0.555. The highest BCUT2D eigenvalue weighted by molar-refractivity contribution is 7.11. The van der Waals surface area contributed by atoms with E-state index in [0.29, 0.717) is 6.04 Å². The standard InChI is InChI=1S/C21H31N5S/c1-17-14-24-20(27-17)11-12-23-21(22-2)25-15-19-10-6-7-13-26(19)16-18-8-4-3-5-9-18/h3-5,8-9,14,19H,6-7,10-13,15-16H2,1-2H3,(H2,22,23,25). The van der Waals surface area contributed by atoms with Gasteiger partial charge in [-0.2, -0.15) is 0 Å². The molecular formula is C21H31N5S. The maximum Gasteiger partial charge on any atom is 0.191 e. The lowest BCUT2D eigenvalue weighted by Crippen LogP contribution is -2.49. The molecule has 0 bridgehead atoms. The summed E-state index contributed by atoms with van der Waals surface area (Å²) in [6, 6.07) is 11.3. The molecule has 1 atom stereocenters. The number of aliphatic imine (C=N–C) groups is 1. The van der Waals surface area contributed by atoms with Crippen LogP contribution in [-0.4, -0.2) is 48.6 Å². The Morgan fingerprint density at radius 1 is 1.26 bits per heavy atom. The number of thiazole rings is 1. The van der Waals surface area contributed by atoms with Gasteiger partial charge in [-0.15, -0.1) is 11.3 Å². The summed E-state index contributed by atoms with van der Waals surface area (Å²) < 4.78 is 0. The van der Waals surface area contributed by atoms with Gasteiger partial charge in [0, 0.05) is 50.2 Å². The molecule has 0 saturated carbocycles. The van der Waals surface area contributed by atoms with Crippen LogP contribution in [0.5, 0.6) is 0 Å². The smallest absolute Gasteiger partial charge is 0.191 e. The van der Waals surface area contributed by atoms with E-state index in [1.807, 2.05) is 13.2 Å². The number of aryl methyl sites for hydroxylation is 1. The molecule has 2 heterocycles. The molecule has 0 spiro atoms. The van der Waals surface area contributed by atoms with Crippen LogP contribution in [-0.2, 0) is 13.0 Å². The SMILES string of the molecule is CN=C(NCCc1ncc(C)s1)NCC1CCCCN1Cc1ccccc1. The Morgan fingerprint density at radius 2 is 2.11 bits per heavy atom. The molecule has 3 rings (SSSR count). The van der Waals surface area contributed by atoms with Gasteiger partial charge in [-0.3, -0.25) is 9.89 Å². The van der Waals surface area contributed by atoms with Crippen LogP contribution >= 0.6 is 11.3 Å². The molecule has 1 fully saturated rings. The third kappa shape index (κ3) is 6.33. The molecule has 2 aromatic rings. The van der Waals surface area contributed by atoms with Gasteiger partial charge in [0.1, 0.15) is 0 Å². The molecule has 6 heteroatoms. The normalized spacial score (nSPS) is 18.4. The highest BCUT2D eigenvalue weighted by Gasteiger charge is 2.22. The topological polar surface area (TPSA) is 52.6 Å². The second-order valence-corrected chi connectivity index (χ2v) is 8.42. The van der Waals surface area contributed by atoms with E-state index in [1.54, 1.807) is 11.3 Å². The Hall–Kier alpha value is -1.92. The van der Waals surface area contributed by atoms with Gasteiger partial charge in [0.05, 0.1) is 5.01 Å². The third-order valence-electron chi connectivity index (χ3n) is 5.01. The van der Waals surface area contributed by atoms with Crippen LogP contribution < -0.4 is 10.6 Å². The summed E-state index contributed by atoms with van der Waals surface area (Å²) in [5.74, 6) is 0.883. The Morgan fingerprint density at radius 3 is 2.85 bits per heavy atom. The first-order valence-corrected chi connectivity index (χ1v) is 10.7. The number of guanidine groups is 1. The molecule has 1 aliphatic rings. The van der Waals surface area contributed by atoms with E-state index in [0.717, 1.165) is 32.0 Å². The summed E-state index contributed by atoms with van der Waals surface area (Å²) in [7, 11) is 1.84. The first-order valence-electron chi connectivity index (χ1n) is 9.88. The number of nitrogens with one attached hydrogen (secondary N) is 2. The second kappa shape index (κ2) is 10.4. The largest absolute Gasteiger partial charge is 0.356 e. The number of hydrogen-bond donors (Lipinski definition) is 2. The Kier molecular flexibility index (Phi) is 7.66. The fourth-order valence-corrected chi connectivity index (χ4v) is 4.34. The first kappa shape index (κ1) is 19.8. The van der Waals surface area contributed by atoms with Crippen molar-refractivity contribution in [3.05, 3.63) is 52.0 Å². The van der Waals surface area contributed by atoms with E-state index in [9.17, 15) is 0 Å². The number of piperidine rings is 1. The van der Waals surface area contributed by atoms with Gasteiger partial charge in [-0.1, -0.05) is 36.8 Å². The van der Waals surface area contributed by atoms with E-state index in [1.165, 1.54) is 41.3 Å². The predicted molar refractivity (Wildman–Crippen MR) is 114 cm³/mol. The van der Waals surface area contributed by atoms with Crippen molar-refractivity contribution in [2.45, 2.75) is 45.2 Å². The van der Waals surface area contributed by atoms with Gasteiger partial charge in [0.2, 0.25) is 0 Å². The molecule has 2 N–H and O–H groups in total.